The molecule has 2 heterocycles. The monoisotopic (exact) mass is 246 g/mol. The van der Waals surface area contributed by atoms with Crippen molar-refractivity contribution >= 4 is 23.5 Å². The fraction of sp³-hybridized carbons (Fsp3) is 0.417. The lowest BCUT2D eigenvalue weighted by Crippen LogP contribution is -2.29. The number of aromatic nitrogens is 2. The number of nitrogens with zero attached hydrogens (tertiary/aromatic N) is 2. The summed E-state index contributed by atoms with van der Waals surface area (Å²) in [5.41, 5.74) is 1.37. The van der Waals surface area contributed by atoms with E-state index in [0.717, 1.165) is 37.0 Å². The van der Waals surface area contributed by atoms with Gasteiger partial charge in [0.25, 0.3) is 0 Å². The molecule has 6 heteroatoms. The van der Waals surface area contributed by atoms with Crippen LogP contribution in [0.2, 0.25) is 0 Å². The van der Waals surface area contributed by atoms with Crippen LogP contribution in [0.3, 0.4) is 0 Å². The molecule has 1 aliphatic heterocycles. The topological polar surface area (TPSA) is 67.5 Å². The largest absolute Gasteiger partial charge is 0.488 e. The Morgan fingerprint density at radius 1 is 1.28 bits per heavy atom. The first-order chi connectivity index (χ1) is 8.74. The molecule has 3 rings (SSSR count). The highest BCUT2D eigenvalue weighted by Crippen LogP contribution is 2.22. The molecule has 0 amide bonds. The maximum absolute atomic E-state index is 9.15. The summed E-state index contributed by atoms with van der Waals surface area (Å²) in [6, 6.07) is 5.66. The molecule has 18 heavy (non-hydrogen) atoms. The zero-order valence-corrected chi connectivity index (χ0v) is 9.99. The van der Waals surface area contributed by atoms with Crippen molar-refractivity contribution in [3.05, 3.63) is 24.4 Å². The number of fused-ring (bicyclic) bond motifs is 1. The zero-order chi connectivity index (χ0) is 12.5. The molecule has 0 bridgehead atoms. The summed E-state index contributed by atoms with van der Waals surface area (Å²) in [5.74, 6) is 0. The van der Waals surface area contributed by atoms with Crippen LogP contribution in [0.5, 0.6) is 0 Å². The van der Waals surface area contributed by atoms with Crippen molar-refractivity contribution in [2.45, 2.75) is 18.9 Å². The Morgan fingerprint density at radius 3 is 2.78 bits per heavy atom. The van der Waals surface area contributed by atoms with Gasteiger partial charge >= 0.3 is 7.12 Å². The lowest BCUT2D eigenvalue weighted by molar-refractivity contribution is 0.0664. The van der Waals surface area contributed by atoms with Crippen molar-refractivity contribution in [1.29, 1.82) is 0 Å². The minimum Gasteiger partial charge on any atom is -0.423 e. The molecule has 0 saturated carbocycles. The smallest absolute Gasteiger partial charge is 0.423 e. The molecule has 0 atom stereocenters. The number of ether oxygens (including phenoxy) is 1. The molecule has 2 N–H and O–H groups in total. The van der Waals surface area contributed by atoms with Crippen molar-refractivity contribution in [3.63, 3.8) is 0 Å². The van der Waals surface area contributed by atoms with E-state index in [1.54, 1.807) is 12.1 Å². The van der Waals surface area contributed by atoms with E-state index in [9.17, 15) is 0 Å². The number of rotatable bonds is 2. The summed E-state index contributed by atoms with van der Waals surface area (Å²) in [6.45, 7) is 1.56. The molecule has 0 spiro atoms. The highest BCUT2D eigenvalue weighted by Gasteiger charge is 2.18. The lowest BCUT2D eigenvalue weighted by atomic mass is 9.80. The predicted molar refractivity (Wildman–Crippen MR) is 68.6 cm³/mol. The summed E-state index contributed by atoms with van der Waals surface area (Å²) in [5, 5.41) is 23.8. The second-order valence-electron chi connectivity index (χ2n) is 4.64. The van der Waals surface area contributed by atoms with Gasteiger partial charge in [-0.05, 0) is 24.4 Å². The molecule has 0 aliphatic carbocycles. The zero-order valence-electron chi connectivity index (χ0n) is 9.99. The molecular formula is C12H15BN2O3. The summed E-state index contributed by atoms with van der Waals surface area (Å²) in [6.07, 6.45) is 3.92. The average Bonchev–Trinajstić information content (AvgIpc) is 2.82. The molecule has 1 saturated heterocycles. The Labute approximate surface area is 105 Å². The van der Waals surface area contributed by atoms with E-state index in [-0.39, 0.29) is 0 Å². The number of hydrogen-bond donors (Lipinski definition) is 2. The minimum absolute atomic E-state index is 0.383. The molecule has 0 unspecified atom stereocenters. The Hall–Kier alpha value is -1.37. The van der Waals surface area contributed by atoms with Gasteiger partial charge in [0.15, 0.2) is 0 Å². The second-order valence-corrected chi connectivity index (χ2v) is 4.64. The van der Waals surface area contributed by atoms with Crippen LogP contribution >= 0.6 is 0 Å². The molecular weight excluding hydrogens is 231 g/mol. The summed E-state index contributed by atoms with van der Waals surface area (Å²) in [4.78, 5) is 0. The van der Waals surface area contributed by atoms with Crippen molar-refractivity contribution in [1.82, 2.24) is 9.78 Å². The number of hydrogen-bond acceptors (Lipinski definition) is 4. The van der Waals surface area contributed by atoms with Gasteiger partial charge in [-0.25, -0.2) is 0 Å². The van der Waals surface area contributed by atoms with Gasteiger partial charge in [0, 0.05) is 24.8 Å². The standard InChI is InChI=1S/C12H15BN2O3/c16-13(17)10-1-2-12-9(7-10)8-15(14-12)11-3-5-18-6-4-11/h1-2,7-8,11,16-17H,3-6H2. The Kier molecular flexibility index (Phi) is 3.07. The van der Waals surface area contributed by atoms with Gasteiger partial charge in [-0.2, -0.15) is 5.10 Å². The summed E-state index contributed by atoms with van der Waals surface area (Å²) in [7, 11) is -1.43. The normalized spacial score (nSPS) is 17.2. The van der Waals surface area contributed by atoms with E-state index < -0.39 is 7.12 Å². The van der Waals surface area contributed by atoms with Gasteiger partial charge in [-0.1, -0.05) is 12.1 Å². The molecule has 1 aliphatic rings. The molecule has 0 radical (unpaired) electrons. The SMILES string of the molecule is OB(O)c1ccc2nn(C3CCOCC3)cc2c1. The maximum Gasteiger partial charge on any atom is 0.488 e. The first-order valence-corrected chi connectivity index (χ1v) is 6.17. The molecule has 1 aromatic carbocycles. The third-order valence-corrected chi connectivity index (χ3v) is 3.41. The van der Waals surface area contributed by atoms with E-state index >= 15 is 0 Å². The molecule has 5 nitrogen and oxygen atoms in total. The Bertz CT molecular complexity index is 549. The van der Waals surface area contributed by atoms with Gasteiger partial charge < -0.3 is 14.8 Å². The van der Waals surface area contributed by atoms with Gasteiger partial charge in [0.2, 0.25) is 0 Å². The van der Waals surface area contributed by atoms with Crippen molar-refractivity contribution < 1.29 is 14.8 Å². The van der Waals surface area contributed by atoms with Gasteiger partial charge in [-0.3, -0.25) is 4.68 Å². The minimum atomic E-state index is -1.43. The molecule has 94 valence electrons. The van der Waals surface area contributed by atoms with Crippen LogP contribution in [-0.4, -0.2) is 40.2 Å². The molecule has 1 fully saturated rings. The summed E-state index contributed by atoms with van der Waals surface area (Å²) >= 11 is 0. The van der Waals surface area contributed by atoms with Crippen LogP contribution in [-0.2, 0) is 4.74 Å². The third-order valence-electron chi connectivity index (χ3n) is 3.41. The average molecular weight is 246 g/mol. The lowest BCUT2D eigenvalue weighted by Gasteiger charge is -2.22. The third kappa shape index (κ3) is 2.14. The van der Waals surface area contributed by atoms with Crippen LogP contribution in [0.15, 0.2) is 24.4 Å². The quantitative estimate of drug-likeness (QED) is 0.736. The fourth-order valence-electron chi connectivity index (χ4n) is 2.36. The van der Waals surface area contributed by atoms with Crippen LogP contribution in [0, 0.1) is 0 Å². The summed E-state index contributed by atoms with van der Waals surface area (Å²) < 4.78 is 7.31. The Balaban J connectivity index is 1.94. The highest BCUT2D eigenvalue weighted by atomic mass is 16.5. The number of benzene rings is 1. The van der Waals surface area contributed by atoms with Crippen molar-refractivity contribution in [3.8, 4) is 0 Å². The van der Waals surface area contributed by atoms with E-state index in [1.807, 2.05) is 16.9 Å². The van der Waals surface area contributed by atoms with E-state index in [0.29, 0.717) is 11.5 Å². The van der Waals surface area contributed by atoms with Gasteiger partial charge in [0.05, 0.1) is 11.6 Å². The van der Waals surface area contributed by atoms with Gasteiger partial charge in [0.1, 0.15) is 0 Å². The molecule has 2 aromatic rings. The maximum atomic E-state index is 9.15. The van der Waals surface area contributed by atoms with Crippen LogP contribution in [0.25, 0.3) is 10.9 Å². The first-order valence-electron chi connectivity index (χ1n) is 6.17. The van der Waals surface area contributed by atoms with Crippen LogP contribution < -0.4 is 5.46 Å². The van der Waals surface area contributed by atoms with Crippen LogP contribution in [0.4, 0.5) is 0 Å². The highest BCUT2D eigenvalue weighted by molar-refractivity contribution is 6.58. The van der Waals surface area contributed by atoms with Crippen molar-refractivity contribution in [2.24, 2.45) is 0 Å². The molecule has 1 aromatic heterocycles. The van der Waals surface area contributed by atoms with E-state index in [2.05, 4.69) is 5.10 Å². The fourth-order valence-corrected chi connectivity index (χ4v) is 2.36. The Morgan fingerprint density at radius 2 is 2.06 bits per heavy atom. The second kappa shape index (κ2) is 4.72. The van der Waals surface area contributed by atoms with E-state index in [1.165, 1.54) is 0 Å². The first kappa shape index (κ1) is 11.7. The van der Waals surface area contributed by atoms with Crippen molar-refractivity contribution in [2.75, 3.05) is 13.2 Å². The van der Waals surface area contributed by atoms with Crippen LogP contribution in [0.1, 0.15) is 18.9 Å². The van der Waals surface area contributed by atoms with Gasteiger partial charge in [-0.15, -0.1) is 0 Å². The predicted octanol–water partition coefficient (Wildman–Crippen LogP) is 0.0676. The van der Waals surface area contributed by atoms with E-state index in [4.69, 9.17) is 14.8 Å².